The molecule has 0 radical (unpaired) electrons. The van der Waals surface area contributed by atoms with Gasteiger partial charge in [-0.25, -0.2) is 9.59 Å². The standard InChI is InChI=1S/C9H20O2.C8H18O3.C8H18O2.C7H15NO3.C6H13NO2.C5H12O.C5H12.15CH4/c1-3-7-11-9-6-5-8-10-4-2;1-3-5-10-6-7-11-8-9-4-2;1-3-5-6-7-10-8-9-4-2;1-3-8-7(9)11-6-5-10-4-2;1-3-5-9-6(8)7-4-2;1-3-5-6-4-2;1-3-5-4-2;;;;;;;;;;;;;;;/h3-9H2,1-2H3;3-8H2,1-2H3;3-8H2,1-2H3;3-6H2,1-2H3,(H,8,9);3-5H2,1-2H3,(H,7,8);3-5H2,1-2H3;3-5H2,1-2H3;15*1H4. The van der Waals surface area contributed by atoms with Crippen molar-refractivity contribution in [1.29, 1.82) is 0 Å². The van der Waals surface area contributed by atoms with Crippen molar-refractivity contribution in [2.75, 3.05) is 132 Å². The number of hydrogen-bond donors (Lipinski definition) is 2. The lowest BCUT2D eigenvalue weighted by atomic mass is 10.3. The van der Waals surface area contributed by atoms with Crippen LogP contribution in [0.1, 0.15) is 285 Å². The summed E-state index contributed by atoms with van der Waals surface area (Å²) in [5.74, 6) is 0. The molecule has 0 atom stereocenters. The molecule has 0 saturated heterocycles. The topological polar surface area (TPSA) is 160 Å². The SMILES string of the molecule is C.C.C.C.C.C.C.C.C.C.C.C.C.C.C.CCCCC.CCCCCOCOCC.CCCOC(=O)NCC.CCCOCC.CCCOCCCCOCC.CCCOCCOCOCC.CCNC(=O)OCCOCC. The molecule has 0 aliphatic carbocycles. The Balaban J connectivity index is -0.0000000230. The van der Waals surface area contributed by atoms with Crippen LogP contribution in [-0.2, 0) is 52.1 Å². The summed E-state index contributed by atoms with van der Waals surface area (Å²) in [5, 5.41) is 5.02. The molecule has 78 heavy (non-hydrogen) atoms. The van der Waals surface area contributed by atoms with Crippen LogP contribution in [0.3, 0.4) is 0 Å². The minimum atomic E-state index is -0.382. The number of carbonyl (C=O) groups is 2. The molecule has 0 aliphatic rings. The molecule has 0 aromatic carbocycles. The predicted octanol–water partition coefficient (Wildman–Crippen LogP) is 20.9. The van der Waals surface area contributed by atoms with E-state index in [4.69, 9.17) is 47.4 Å². The number of unbranched alkanes of at least 4 members (excludes halogenated alkanes) is 5. The highest BCUT2D eigenvalue weighted by Gasteiger charge is 1.97. The summed E-state index contributed by atoms with van der Waals surface area (Å²) < 4.78 is 55.2. The maximum Gasteiger partial charge on any atom is 0.407 e. The third kappa shape index (κ3) is 223. The smallest absolute Gasteiger partial charge is 0.407 e. The summed E-state index contributed by atoms with van der Waals surface area (Å²) in [7, 11) is 0. The van der Waals surface area contributed by atoms with Crippen molar-refractivity contribution in [3.8, 4) is 0 Å². The van der Waals surface area contributed by atoms with Crippen LogP contribution in [0.15, 0.2) is 0 Å². The molecule has 0 fully saturated rings. The average molecular weight is 1160 g/mol. The fourth-order valence-electron chi connectivity index (χ4n) is 3.59. The zero-order valence-electron chi connectivity index (χ0n) is 43.9. The summed E-state index contributed by atoms with van der Waals surface area (Å²) in [6.07, 6.45) is 13.5. The molecule has 15 nitrogen and oxygen atoms in total. The van der Waals surface area contributed by atoms with Crippen LogP contribution in [0.2, 0.25) is 0 Å². The van der Waals surface area contributed by atoms with Gasteiger partial charge in [0.15, 0.2) is 0 Å². The fourth-order valence-corrected chi connectivity index (χ4v) is 3.59. The third-order valence-corrected chi connectivity index (χ3v) is 6.74. The van der Waals surface area contributed by atoms with E-state index in [-0.39, 0.29) is 124 Å². The minimum Gasteiger partial charge on any atom is -0.450 e. The highest BCUT2D eigenvalue weighted by Crippen LogP contribution is 1.94. The third-order valence-electron chi connectivity index (χ3n) is 6.74. The van der Waals surface area contributed by atoms with Gasteiger partial charge in [0, 0.05) is 85.8 Å². The van der Waals surface area contributed by atoms with Gasteiger partial charge in [-0.3, -0.25) is 0 Å². The molecule has 15 heteroatoms. The van der Waals surface area contributed by atoms with E-state index in [2.05, 4.69) is 56.9 Å². The average Bonchev–Trinajstić information content (AvgIpc) is 3.29. The van der Waals surface area contributed by atoms with E-state index >= 15 is 0 Å². The van der Waals surface area contributed by atoms with Gasteiger partial charge in [0.1, 0.15) is 20.2 Å². The number of amides is 2. The van der Waals surface area contributed by atoms with E-state index < -0.39 is 0 Å². The van der Waals surface area contributed by atoms with Crippen molar-refractivity contribution in [1.82, 2.24) is 10.6 Å². The molecular formula is C63H168N2O13. The van der Waals surface area contributed by atoms with Gasteiger partial charge in [-0.2, -0.15) is 0 Å². The Morgan fingerprint density at radius 1 is 0.244 bits per heavy atom. The first-order valence-electron chi connectivity index (χ1n) is 24.7. The van der Waals surface area contributed by atoms with Crippen molar-refractivity contribution >= 4 is 12.2 Å². The van der Waals surface area contributed by atoms with Crippen LogP contribution in [0.4, 0.5) is 9.59 Å². The molecule has 0 bridgehead atoms. The Labute approximate surface area is 500 Å². The number of hydrogen-bond acceptors (Lipinski definition) is 13. The zero-order chi connectivity index (χ0) is 49.0. The van der Waals surface area contributed by atoms with Crippen LogP contribution >= 0.6 is 0 Å². The van der Waals surface area contributed by atoms with E-state index in [0.29, 0.717) is 72.9 Å². The first kappa shape index (κ1) is 147. The summed E-state index contributed by atoms with van der Waals surface area (Å²) in [6.45, 7) is 42.1. The molecule has 0 heterocycles. The van der Waals surface area contributed by atoms with E-state index in [1.165, 1.54) is 32.1 Å². The molecule has 0 spiro atoms. The molecule has 0 aromatic rings. The number of ether oxygens (including phenoxy) is 11. The van der Waals surface area contributed by atoms with E-state index in [1.54, 1.807) is 0 Å². The second-order valence-electron chi connectivity index (χ2n) is 13.0. The van der Waals surface area contributed by atoms with Gasteiger partial charge in [-0.05, 0) is 93.4 Å². The van der Waals surface area contributed by atoms with Crippen LogP contribution < -0.4 is 10.6 Å². The summed E-state index contributed by atoms with van der Waals surface area (Å²) in [4.78, 5) is 21.1. The fraction of sp³-hybridized carbons (Fsp3) is 0.968. The monoisotopic (exact) mass is 1160 g/mol. The molecule has 0 aromatic heterocycles. The number of nitrogens with one attached hydrogen (secondary N) is 2. The molecule has 508 valence electrons. The Bertz CT molecular complexity index is 673. The van der Waals surface area contributed by atoms with E-state index in [9.17, 15) is 9.59 Å². The lowest BCUT2D eigenvalue weighted by Crippen LogP contribution is -2.25. The molecule has 0 aliphatic heterocycles. The van der Waals surface area contributed by atoms with Gasteiger partial charge in [-0.1, -0.05) is 192 Å². The van der Waals surface area contributed by atoms with Crippen molar-refractivity contribution in [3.63, 3.8) is 0 Å². The first-order chi connectivity index (χ1) is 30.7. The minimum absolute atomic E-state index is 0. The molecule has 2 amide bonds. The van der Waals surface area contributed by atoms with Gasteiger partial charge in [-0.15, -0.1) is 0 Å². The second-order valence-corrected chi connectivity index (χ2v) is 13.0. The largest absolute Gasteiger partial charge is 0.450 e. The normalized spacial score (nSPS) is 7.77. The van der Waals surface area contributed by atoms with Gasteiger partial charge in [0.05, 0.1) is 26.4 Å². The van der Waals surface area contributed by atoms with Crippen molar-refractivity contribution in [2.24, 2.45) is 0 Å². The first-order valence-corrected chi connectivity index (χ1v) is 24.7. The Morgan fingerprint density at radius 3 is 0.821 bits per heavy atom. The summed E-state index contributed by atoms with van der Waals surface area (Å²) >= 11 is 0. The number of alkyl carbamates (subject to hydrolysis) is 2. The maximum absolute atomic E-state index is 10.6. The molecule has 0 saturated carbocycles. The second kappa shape index (κ2) is 171. The van der Waals surface area contributed by atoms with Gasteiger partial charge >= 0.3 is 12.2 Å². The molecule has 0 unspecified atom stereocenters. The van der Waals surface area contributed by atoms with E-state index in [1.807, 2.05) is 55.4 Å². The zero-order valence-corrected chi connectivity index (χ0v) is 43.9. The van der Waals surface area contributed by atoms with Crippen molar-refractivity contribution < 1.29 is 61.7 Å². The number of rotatable bonds is 36. The number of carbonyl (C=O) groups excluding carboxylic acids is 2. The summed E-state index contributed by atoms with van der Waals surface area (Å²) in [5.41, 5.74) is 0. The molecular weight excluding hydrogens is 993 g/mol. The Hall–Kier alpha value is -1.82. The van der Waals surface area contributed by atoms with Crippen molar-refractivity contribution in [3.05, 3.63) is 0 Å². The highest BCUT2D eigenvalue weighted by atomic mass is 16.7. The Morgan fingerprint density at radius 2 is 0.500 bits per heavy atom. The van der Waals surface area contributed by atoms with E-state index in [0.717, 1.165) is 104 Å². The molecule has 2 N–H and O–H groups in total. The van der Waals surface area contributed by atoms with Gasteiger partial charge in [0.2, 0.25) is 0 Å². The van der Waals surface area contributed by atoms with Gasteiger partial charge in [0.25, 0.3) is 0 Å². The van der Waals surface area contributed by atoms with Crippen LogP contribution in [0.25, 0.3) is 0 Å². The predicted molar refractivity (Wildman–Crippen MR) is 362 cm³/mol. The highest BCUT2D eigenvalue weighted by molar-refractivity contribution is 5.67. The maximum atomic E-state index is 10.6. The Kier molecular flexibility index (Phi) is 322. The van der Waals surface area contributed by atoms with Crippen molar-refractivity contribution in [2.45, 2.75) is 285 Å². The van der Waals surface area contributed by atoms with Crippen LogP contribution in [0, 0.1) is 0 Å². The lowest BCUT2D eigenvalue weighted by Gasteiger charge is -2.04. The quantitative estimate of drug-likeness (QED) is 0.0451. The molecule has 0 rings (SSSR count). The van der Waals surface area contributed by atoms with Crippen LogP contribution in [0.5, 0.6) is 0 Å². The van der Waals surface area contributed by atoms with Gasteiger partial charge < -0.3 is 62.7 Å². The lowest BCUT2D eigenvalue weighted by molar-refractivity contribution is -0.0656. The van der Waals surface area contributed by atoms with Crippen LogP contribution in [-0.4, -0.2) is 145 Å². The summed E-state index contributed by atoms with van der Waals surface area (Å²) in [6, 6.07) is 0.